The summed E-state index contributed by atoms with van der Waals surface area (Å²) in [6.07, 6.45) is 4.02. The van der Waals surface area contributed by atoms with Crippen molar-refractivity contribution >= 4 is 41.5 Å². The lowest BCUT2D eigenvalue weighted by molar-refractivity contribution is -0.116. The van der Waals surface area contributed by atoms with Crippen molar-refractivity contribution < 1.29 is 4.79 Å². The molecule has 1 heterocycles. The lowest BCUT2D eigenvalue weighted by Crippen LogP contribution is -2.38. The molecule has 152 valence electrons. The third-order valence-corrected chi connectivity index (χ3v) is 3.85. The van der Waals surface area contributed by atoms with Crippen molar-refractivity contribution in [1.29, 1.82) is 0 Å². The maximum atomic E-state index is 11.7. The van der Waals surface area contributed by atoms with Gasteiger partial charge in [0.15, 0.2) is 5.96 Å². The smallest absolute Gasteiger partial charge is 0.224 e. The van der Waals surface area contributed by atoms with E-state index in [1.807, 2.05) is 56.3 Å². The molecule has 1 aromatic carbocycles. The van der Waals surface area contributed by atoms with Crippen LogP contribution in [0, 0.1) is 0 Å². The van der Waals surface area contributed by atoms with Crippen molar-refractivity contribution in [2.45, 2.75) is 39.7 Å². The molecule has 0 saturated carbocycles. The van der Waals surface area contributed by atoms with E-state index in [9.17, 15) is 4.79 Å². The molecular formula is C21H30IN5O. The van der Waals surface area contributed by atoms with Gasteiger partial charge in [-0.25, -0.2) is 4.99 Å². The summed E-state index contributed by atoms with van der Waals surface area (Å²) in [6, 6.07) is 13.7. The molecule has 28 heavy (non-hydrogen) atoms. The van der Waals surface area contributed by atoms with Crippen LogP contribution in [0.5, 0.6) is 0 Å². The summed E-state index contributed by atoms with van der Waals surface area (Å²) in [4.78, 5) is 20.7. The lowest BCUT2D eigenvalue weighted by Gasteiger charge is -2.11. The van der Waals surface area contributed by atoms with Crippen LogP contribution in [0.4, 0.5) is 5.69 Å². The number of hydrogen-bond acceptors (Lipinski definition) is 3. The second-order valence-corrected chi connectivity index (χ2v) is 6.19. The average molecular weight is 495 g/mol. The first-order chi connectivity index (χ1) is 13.2. The molecule has 0 bridgehead atoms. The number of carbonyl (C=O) groups is 1. The zero-order chi connectivity index (χ0) is 19.3. The number of carbonyl (C=O) groups excluding carboxylic acids is 1. The number of rotatable bonds is 9. The first kappa shape index (κ1) is 23.9. The topological polar surface area (TPSA) is 78.4 Å². The van der Waals surface area contributed by atoms with Crippen LogP contribution in [0.1, 0.15) is 37.9 Å². The van der Waals surface area contributed by atoms with Crippen LogP contribution in [-0.4, -0.2) is 29.9 Å². The van der Waals surface area contributed by atoms with Crippen molar-refractivity contribution in [3.8, 4) is 0 Å². The molecule has 0 radical (unpaired) electrons. The van der Waals surface area contributed by atoms with Gasteiger partial charge < -0.3 is 16.0 Å². The normalized spacial score (nSPS) is 10.7. The highest BCUT2D eigenvalue weighted by Gasteiger charge is 2.02. The minimum Gasteiger partial charge on any atom is -0.357 e. The van der Waals surface area contributed by atoms with E-state index >= 15 is 0 Å². The number of hydrogen-bond donors (Lipinski definition) is 3. The van der Waals surface area contributed by atoms with E-state index in [1.165, 1.54) is 0 Å². The number of halogens is 1. The van der Waals surface area contributed by atoms with E-state index in [2.05, 4.69) is 25.9 Å². The molecule has 0 unspecified atom stereocenters. The van der Waals surface area contributed by atoms with E-state index < -0.39 is 0 Å². The first-order valence-electron chi connectivity index (χ1n) is 9.52. The fraction of sp³-hybridized carbons (Fsp3) is 0.381. The summed E-state index contributed by atoms with van der Waals surface area (Å²) in [5, 5.41) is 9.51. The third-order valence-electron chi connectivity index (χ3n) is 3.85. The molecule has 2 rings (SSSR count). The molecule has 0 spiro atoms. The van der Waals surface area contributed by atoms with Crippen LogP contribution in [0.15, 0.2) is 53.7 Å². The number of aromatic nitrogens is 1. The predicted octanol–water partition coefficient (Wildman–Crippen LogP) is 3.74. The average Bonchev–Trinajstić information content (AvgIpc) is 2.67. The largest absolute Gasteiger partial charge is 0.357 e. The predicted molar refractivity (Wildman–Crippen MR) is 126 cm³/mol. The number of pyridine rings is 1. The molecule has 2 aromatic rings. The summed E-state index contributed by atoms with van der Waals surface area (Å²) in [7, 11) is 0. The van der Waals surface area contributed by atoms with Crippen molar-refractivity contribution in [1.82, 2.24) is 15.6 Å². The summed E-state index contributed by atoms with van der Waals surface area (Å²) < 4.78 is 0. The molecule has 0 aliphatic rings. The molecule has 0 saturated heterocycles. The maximum Gasteiger partial charge on any atom is 0.224 e. The summed E-state index contributed by atoms with van der Waals surface area (Å²) >= 11 is 0. The molecule has 0 aliphatic carbocycles. The minimum absolute atomic E-state index is 0. The standard InChI is InChI=1S/C21H29N5O.HI/c1-3-8-20(27)26-19-11-7-9-17(15-19)16-25-21(22-4-2)24-14-12-18-10-5-6-13-23-18;/h5-7,9-11,13,15H,3-4,8,12,14,16H2,1-2H3,(H,26,27)(H2,22,24,25);1H. The van der Waals surface area contributed by atoms with E-state index in [0.29, 0.717) is 13.0 Å². The Kier molecular flexibility index (Phi) is 11.9. The lowest BCUT2D eigenvalue weighted by atomic mass is 10.2. The molecule has 0 fully saturated rings. The number of aliphatic imine (C=N–C) groups is 1. The van der Waals surface area contributed by atoms with Crippen LogP contribution in [0.25, 0.3) is 0 Å². The zero-order valence-corrected chi connectivity index (χ0v) is 18.9. The van der Waals surface area contributed by atoms with Crippen molar-refractivity contribution in [2.24, 2.45) is 4.99 Å². The van der Waals surface area contributed by atoms with Crippen molar-refractivity contribution in [2.75, 3.05) is 18.4 Å². The van der Waals surface area contributed by atoms with Gasteiger partial charge in [-0.15, -0.1) is 24.0 Å². The van der Waals surface area contributed by atoms with Gasteiger partial charge in [0.05, 0.1) is 6.54 Å². The fourth-order valence-electron chi connectivity index (χ4n) is 2.57. The Balaban J connectivity index is 0.00000392. The van der Waals surface area contributed by atoms with Gasteiger partial charge in [-0.3, -0.25) is 9.78 Å². The Morgan fingerprint density at radius 2 is 1.96 bits per heavy atom. The van der Waals surface area contributed by atoms with E-state index in [-0.39, 0.29) is 29.9 Å². The summed E-state index contributed by atoms with van der Waals surface area (Å²) in [5.74, 6) is 0.816. The Morgan fingerprint density at radius 3 is 2.68 bits per heavy atom. The second-order valence-electron chi connectivity index (χ2n) is 6.19. The van der Waals surface area contributed by atoms with E-state index in [1.54, 1.807) is 6.20 Å². The quantitative estimate of drug-likeness (QED) is 0.282. The Bertz CT molecular complexity index is 737. The molecule has 7 heteroatoms. The van der Waals surface area contributed by atoms with Gasteiger partial charge in [0.2, 0.25) is 5.91 Å². The molecular weight excluding hydrogens is 465 g/mol. The van der Waals surface area contributed by atoms with Crippen LogP contribution in [-0.2, 0) is 17.8 Å². The Labute approximate surface area is 184 Å². The van der Waals surface area contributed by atoms with Gasteiger partial charge in [-0.05, 0) is 43.2 Å². The Hall–Kier alpha value is -2.16. The molecule has 0 aliphatic heterocycles. The summed E-state index contributed by atoms with van der Waals surface area (Å²) in [5.41, 5.74) is 2.91. The number of nitrogens with one attached hydrogen (secondary N) is 3. The minimum atomic E-state index is 0. The molecule has 0 atom stereocenters. The van der Waals surface area contributed by atoms with Crippen LogP contribution in [0.2, 0.25) is 0 Å². The number of guanidine groups is 1. The van der Waals surface area contributed by atoms with E-state index in [0.717, 1.165) is 48.8 Å². The van der Waals surface area contributed by atoms with Crippen molar-refractivity contribution in [3.63, 3.8) is 0 Å². The van der Waals surface area contributed by atoms with Gasteiger partial charge in [-0.2, -0.15) is 0 Å². The molecule has 1 aromatic heterocycles. The van der Waals surface area contributed by atoms with Crippen LogP contribution < -0.4 is 16.0 Å². The highest BCUT2D eigenvalue weighted by atomic mass is 127. The number of amides is 1. The van der Waals surface area contributed by atoms with Gasteiger partial charge in [0.1, 0.15) is 0 Å². The van der Waals surface area contributed by atoms with Gasteiger partial charge in [-0.1, -0.05) is 25.1 Å². The Morgan fingerprint density at radius 1 is 1.11 bits per heavy atom. The number of anilines is 1. The van der Waals surface area contributed by atoms with Crippen LogP contribution >= 0.6 is 24.0 Å². The zero-order valence-electron chi connectivity index (χ0n) is 16.6. The highest BCUT2D eigenvalue weighted by molar-refractivity contribution is 14.0. The van der Waals surface area contributed by atoms with Crippen molar-refractivity contribution in [3.05, 3.63) is 59.9 Å². The van der Waals surface area contributed by atoms with Gasteiger partial charge in [0, 0.05) is 43.5 Å². The summed E-state index contributed by atoms with van der Waals surface area (Å²) in [6.45, 7) is 6.13. The SMILES string of the molecule is CCCC(=O)Nc1cccc(CN=C(NCC)NCCc2ccccn2)c1.I. The highest BCUT2D eigenvalue weighted by Crippen LogP contribution is 2.12. The van der Waals surface area contributed by atoms with Gasteiger partial charge >= 0.3 is 0 Å². The molecule has 6 nitrogen and oxygen atoms in total. The molecule has 3 N–H and O–H groups in total. The fourth-order valence-corrected chi connectivity index (χ4v) is 2.57. The number of nitrogens with zero attached hydrogens (tertiary/aromatic N) is 2. The third kappa shape index (κ3) is 9.16. The monoisotopic (exact) mass is 495 g/mol. The number of benzene rings is 1. The second kappa shape index (κ2) is 13.9. The van der Waals surface area contributed by atoms with Gasteiger partial charge in [0.25, 0.3) is 0 Å². The first-order valence-corrected chi connectivity index (χ1v) is 9.52. The van der Waals surface area contributed by atoms with Crippen LogP contribution in [0.3, 0.4) is 0 Å². The van der Waals surface area contributed by atoms with E-state index in [4.69, 9.17) is 0 Å². The maximum absolute atomic E-state index is 11.7. The molecule has 1 amide bonds.